The molecule has 0 aromatic carbocycles. The molecule has 0 saturated carbocycles. The number of anilines is 1. The SMILES string of the molecule is Cc1c(Cl)nc(-c2ccccn2)nc1NCCC1CCCNCC1. The Bertz CT molecular complexity index is 654. The molecule has 1 atom stereocenters. The molecule has 3 heterocycles. The first-order valence-electron chi connectivity index (χ1n) is 8.64. The number of hydrogen-bond donors (Lipinski definition) is 2. The van der Waals surface area contributed by atoms with Crippen molar-refractivity contribution in [3.05, 3.63) is 35.1 Å². The lowest BCUT2D eigenvalue weighted by Crippen LogP contribution is -2.15. The van der Waals surface area contributed by atoms with Crippen LogP contribution in [0.25, 0.3) is 11.5 Å². The minimum Gasteiger partial charge on any atom is -0.370 e. The fraction of sp³-hybridized carbons (Fsp3) is 0.500. The summed E-state index contributed by atoms with van der Waals surface area (Å²) in [5, 5.41) is 7.39. The zero-order valence-corrected chi connectivity index (χ0v) is 14.8. The van der Waals surface area contributed by atoms with E-state index in [1.807, 2.05) is 25.1 Å². The molecule has 1 aliphatic rings. The van der Waals surface area contributed by atoms with Crippen molar-refractivity contribution < 1.29 is 0 Å². The van der Waals surface area contributed by atoms with E-state index in [0.29, 0.717) is 11.0 Å². The van der Waals surface area contributed by atoms with Crippen LogP contribution < -0.4 is 10.6 Å². The largest absolute Gasteiger partial charge is 0.370 e. The van der Waals surface area contributed by atoms with Gasteiger partial charge in [0.25, 0.3) is 0 Å². The van der Waals surface area contributed by atoms with Gasteiger partial charge in [-0.25, -0.2) is 9.97 Å². The Kier molecular flexibility index (Phi) is 5.99. The Labute approximate surface area is 148 Å². The van der Waals surface area contributed by atoms with Crippen LogP contribution >= 0.6 is 11.6 Å². The topological polar surface area (TPSA) is 62.7 Å². The smallest absolute Gasteiger partial charge is 0.181 e. The first kappa shape index (κ1) is 17.1. The van der Waals surface area contributed by atoms with Gasteiger partial charge in [0, 0.05) is 18.3 Å². The molecule has 5 nitrogen and oxygen atoms in total. The maximum atomic E-state index is 6.29. The van der Waals surface area contributed by atoms with Gasteiger partial charge in [-0.3, -0.25) is 4.98 Å². The first-order valence-corrected chi connectivity index (χ1v) is 9.02. The van der Waals surface area contributed by atoms with Crippen LogP contribution in [0.2, 0.25) is 5.15 Å². The van der Waals surface area contributed by atoms with E-state index in [9.17, 15) is 0 Å². The molecule has 3 rings (SSSR count). The summed E-state index contributed by atoms with van der Waals surface area (Å²) in [6, 6.07) is 5.69. The maximum absolute atomic E-state index is 6.29. The van der Waals surface area contributed by atoms with Crippen molar-refractivity contribution in [2.75, 3.05) is 25.0 Å². The molecule has 0 bridgehead atoms. The zero-order valence-electron chi connectivity index (χ0n) is 14.1. The van der Waals surface area contributed by atoms with Gasteiger partial charge < -0.3 is 10.6 Å². The van der Waals surface area contributed by atoms with Crippen molar-refractivity contribution in [1.82, 2.24) is 20.3 Å². The number of rotatable bonds is 5. The van der Waals surface area contributed by atoms with E-state index in [1.54, 1.807) is 6.20 Å². The molecule has 2 aromatic rings. The number of hydrogen-bond acceptors (Lipinski definition) is 5. The molecule has 0 aliphatic carbocycles. The Morgan fingerprint density at radius 2 is 2.17 bits per heavy atom. The number of nitrogens with zero attached hydrogens (tertiary/aromatic N) is 3. The molecular weight excluding hydrogens is 322 g/mol. The molecular formula is C18H24ClN5. The van der Waals surface area contributed by atoms with E-state index >= 15 is 0 Å². The number of nitrogens with one attached hydrogen (secondary N) is 2. The third kappa shape index (κ3) is 4.42. The lowest BCUT2D eigenvalue weighted by molar-refractivity contribution is 0.449. The van der Waals surface area contributed by atoms with Crippen LogP contribution in [-0.4, -0.2) is 34.6 Å². The van der Waals surface area contributed by atoms with Crippen molar-refractivity contribution in [1.29, 1.82) is 0 Å². The summed E-state index contributed by atoms with van der Waals surface area (Å²) in [6.45, 7) is 5.13. The number of pyridine rings is 1. The summed E-state index contributed by atoms with van der Waals surface area (Å²) in [7, 11) is 0. The van der Waals surface area contributed by atoms with E-state index in [1.165, 1.54) is 19.3 Å². The van der Waals surface area contributed by atoms with Crippen LogP contribution in [0.4, 0.5) is 5.82 Å². The lowest BCUT2D eigenvalue weighted by atomic mass is 9.97. The monoisotopic (exact) mass is 345 g/mol. The quantitative estimate of drug-likeness (QED) is 0.809. The van der Waals surface area contributed by atoms with E-state index < -0.39 is 0 Å². The van der Waals surface area contributed by atoms with Gasteiger partial charge in [0.2, 0.25) is 0 Å². The Hall–Kier alpha value is -1.72. The molecule has 1 aliphatic heterocycles. The molecule has 0 radical (unpaired) electrons. The van der Waals surface area contributed by atoms with Crippen molar-refractivity contribution in [2.24, 2.45) is 5.92 Å². The highest BCUT2D eigenvalue weighted by Crippen LogP contribution is 2.24. The molecule has 0 spiro atoms. The van der Waals surface area contributed by atoms with Gasteiger partial charge in [-0.05, 0) is 63.7 Å². The van der Waals surface area contributed by atoms with E-state index in [0.717, 1.165) is 49.0 Å². The minimum absolute atomic E-state index is 0.479. The zero-order chi connectivity index (χ0) is 16.8. The number of aromatic nitrogens is 3. The second kappa shape index (κ2) is 8.40. The van der Waals surface area contributed by atoms with E-state index in [-0.39, 0.29) is 0 Å². The van der Waals surface area contributed by atoms with Gasteiger partial charge in [0.15, 0.2) is 5.82 Å². The summed E-state index contributed by atoms with van der Waals surface area (Å²) in [4.78, 5) is 13.3. The molecule has 1 unspecified atom stereocenters. The van der Waals surface area contributed by atoms with Gasteiger partial charge in [-0.2, -0.15) is 0 Å². The summed E-state index contributed by atoms with van der Waals surface area (Å²) in [5.74, 6) is 2.15. The van der Waals surface area contributed by atoms with Gasteiger partial charge in [0.05, 0.1) is 0 Å². The fourth-order valence-electron chi connectivity index (χ4n) is 3.05. The lowest BCUT2D eigenvalue weighted by Gasteiger charge is -2.15. The van der Waals surface area contributed by atoms with Crippen LogP contribution in [-0.2, 0) is 0 Å². The van der Waals surface area contributed by atoms with Crippen molar-refractivity contribution in [3.63, 3.8) is 0 Å². The average Bonchev–Trinajstić information content (AvgIpc) is 2.88. The standard InChI is InChI=1S/C18H24ClN5/c1-13-16(19)23-18(15-6-2-3-10-21-15)24-17(13)22-12-8-14-5-4-9-20-11-7-14/h2-3,6,10,14,20H,4-5,7-9,11-12H2,1H3,(H,22,23,24). The molecule has 1 saturated heterocycles. The molecule has 1 fully saturated rings. The van der Waals surface area contributed by atoms with Crippen molar-refractivity contribution >= 4 is 17.4 Å². The predicted molar refractivity (Wildman–Crippen MR) is 98.3 cm³/mol. The third-order valence-corrected chi connectivity index (χ3v) is 4.89. The molecule has 2 aromatic heterocycles. The summed E-state index contributed by atoms with van der Waals surface area (Å²) in [6.07, 6.45) is 6.72. The van der Waals surface area contributed by atoms with E-state index in [2.05, 4.69) is 25.6 Å². The highest BCUT2D eigenvalue weighted by Gasteiger charge is 2.14. The molecule has 24 heavy (non-hydrogen) atoms. The van der Waals surface area contributed by atoms with Crippen LogP contribution in [0.5, 0.6) is 0 Å². The van der Waals surface area contributed by atoms with Crippen molar-refractivity contribution in [2.45, 2.75) is 32.6 Å². The molecule has 0 amide bonds. The summed E-state index contributed by atoms with van der Waals surface area (Å²) < 4.78 is 0. The first-order chi connectivity index (χ1) is 11.7. The second-order valence-electron chi connectivity index (χ2n) is 6.29. The predicted octanol–water partition coefficient (Wildman–Crippen LogP) is 3.69. The highest BCUT2D eigenvalue weighted by atomic mass is 35.5. The van der Waals surface area contributed by atoms with Gasteiger partial charge in [0.1, 0.15) is 16.7 Å². The van der Waals surface area contributed by atoms with Gasteiger partial charge in [-0.15, -0.1) is 0 Å². The van der Waals surface area contributed by atoms with E-state index in [4.69, 9.17) is 11.6 Å². The fourth-order valence-corrected chi connectivity index (χ4v) is 3.22. The van der Waals surface area contributed by atoms with Crippen LogP contribution in [0.15, 0.2) is 24.4 Å². The van der Waals surface area contributed by atoms with Crippen LogP contribution in [0.3, 0.4) is 0 Å². The van der Waals surface area contributed by atoms with Crippen LogP contribution in [0.1, 0.15) is 31.2 Å². The van der Waals surface area contributed by atoms with Gasteiger partial charge >= 0.3 is 0 Å². The minimum atomic E-state index is 0.479. The molecule has 128 valence electrons. The second-order valence-corrected chi connectivity index (χ2v) is 6.65. The van der Waals surface area contributed by atoms with Gasteiger partial charge in [-0.1, -0.05) is 17.7 Å². The Morgan fingerprint density at radius 1 is 1.25 bits per heavy atom. The average molecular weight is 346 g/mol. The molecule has 6 heteroatoms. The number of halogens is 1. The van der Waals surface area contributed by atoms with Crippen LogP contribution in [0, 0.1) is 12.8 Å². The Morgan fingerprint density at radius 3 is 3.00 bits per heavy atom. The maximum Gasteiger partial charge on any atom is 0.181 e. The summed E-state index contributed by atoms with van der Waals surface area (Å²) in [5.41, 5.74) is 1.62. The molecule has 2 N–H and O–H groups in total. The Balaban J connectivity index is 1.67. The van der Waals surface area contributed by atoms with Crippen molar-refractivity contribution in [3.8, 4) is 11.5 Å². The highest BCUT2D eigenvalue weighted by molar-refractivity contribution is 6.30. The summed E-state index contributed by atoms with van der Waals surface area (Å²) >= 11 is 6.29. The third-order valence-electron chi connectivity index (χ3n) is 4.52. The normalized spacial score (nSPS) is 18.2.